The summed E-state index contributed by atoms with van der Waals surface area (Å²) in [5.74, 6) is -0.333. The van der Waals surface area contributed by atoms with E-state index in [1.54, 1.807) is 18.2 Å². The van der Waals surface area contributed by atoms with Crippen LogP contribution in [-0.4, -0.2) is 38.0 Å². The van der Waals surface area contributed by atoms with Crippen molar-refractivity contribution in [2.75, 3.05) is 41.3 Å². The molecule has 0 saturated carbocycles. The molecule has 1 aliphatic rings. The molecule has 7 nitrogen and oxygen atoms in total. The highest BCUT2D eigenvalue weighted by Crippen LogP contribution is 2.30. The number of aryl methyl sites for hydroxylation is 1. The van der Waals surface area contributed by atoms with E-state index in [9.17, 15) is 9.59 Å². The van der Waals surface area contributed by atoms with Gasteiger partial charge in [0.1, 0.15) is 0 Å². The van der Waals surface area contributed by atoms with Gasteiger partial charge in [0.15, 0.2) is 5.76 Å². The van der Waals surface area contributed by atoms with Gasteiger partial charge in [-0.15, -0.1) is 0 Å². The van der Waals surface area contributed by atoms with E-state index in [0.29, 0.717) is 17.8 Å². The van der Waals surface area contributed by atoms with Crippen molar-refractivity contribution in [3.8, 4) is 0 Å². The Morgan fingerprint density at radius 3 is 2.18 bits per heavy atom. The number of piperazine rings is 1. The Morgan fingerprint density at radius 2 is 1.51 bits per heavy atom. The zero-order valence-corrected chi connectivity index (χ0v) is 24.0. The number of halogens is 1. The number of amides is 2. The first-order chi connectivity index (χ1) is 19.0. The second-order valence-electron chi connectivity index (χ2n) is 9.56. The molecule has 0 radical (unpaired) electrons. The first-order valence-corrected chi connectivity index (χ1v) is 14.5. The maximum absolute atomic E-state index is 13.1. The molecule has 0 aliphatic carbocycles. The van der Waals surface area contributed by atoms with E-state index in [2.05, 4.69) is 86.3 Å². The molecule has 2 heterocycles. The number of benzene rings is 3. The van der Waals surface area contributed by atoms with Crippen molar-refractivity contribution < 1.29 is 14.0 Å². The van der Waals surface area contributed by atoms with Gasteiger partial charge in [0, 0.05) is 48.4 Å². The lowest BCUT2D eigenvalue weighted by atomic mass is 10.1. The lowest BCUT2D eigenvalue weighted by molar-refractivity contribution is 0.0949. The topological polar surface area (TPSA) is 77.8 Å². The fourth-order valence-electron chi connectivity index (χ4n) is 4.78. The van der Waals surface area contributed by atoms with Crippen LogP contribution >= 0.6 is 22.6 Å². The Bertz CT molecular complexity index is 1430. The average molecular weight is 635 g/mol. The maximum atomic E-state index is 13.1. The standard InChI is InChI=1S/C31H31IN4O3/c1-22-5-2-3-6-27(22)35-14-16-36(17-15-35)28-13-12-25(19-26(28)34-31(38)29-7-4-18-39-29)30(37)33-21-24-10-8-23(20-32)9-11-24/h2-13,18-19H,14-17,20-21H2,1H3,(H,33,37)(H,34,38). The highest BCUT2D eigenvalue weighted by molar-refractivity contribution is 14.1. The molecule has 0 bridgehead atoms. The second-order valence-corrected chi connectivity index (χ2v) is 10.3. The molecular weight excluding hydrogens is 603 g/mol. The van der Waals surface area contributed by atoms with Gasteiger partial charge in [0.05, 0.1) is 17.6 Å². The maximum Gasteiger partial charge on any atom is 0.291 e. The third-order valence-electron chi connectivity index (χ3n) is 6.96. The molecule has 200 valence electrons. The SMILES string of the molecule is Cc1ccccc1N1CCN(c2ccc(C(=O)NCc3ccc(CI)cc3)cc2NC(=O)c2ccco2)CC1. The highest BCUT2D eigenvalue weighted by Gasteiger charge is 2.23. The third kappa shape index (κ3) is 6.44. The van der Waals surface area contributed by atoms with Crippen LogP contribution in [0, 0.1) is 6.92 Å². The van der Waals surface area contributed by atoms with E-state index in [4.69, 9.17) is 4.42 Å². The van der Waals surface area contributed by atoms with E-state index < -0.39 is 0 Å². The molecule has 39 heavy (non-hydrogen) atoms. The summed E-state index contributed by atoms with van der Waals surface area (Å²) in [4.78, 5) is 30.6. The summed E-state index contributed by atoms with van der Waals surface area (Å²) in [6.07, 6.45) is 1.47. The van der Waals surface area contributed by atoms with Crippen LogP contribution in [0.3, 0.4) is 0 Å². The van der Waals surface area contributed by atoms with E-state index in [1.807, 2.05) is 24.3 Å². The van der Waals surface area contributed by atoms with E-state index in [0.717, 1.165) is 41.9 Å². The number of alkyl halides is 1. The average Bonchev–Trinajstić information content (AvgIpc) is 3.52. The number of para-hydroxylation sites is 1. The molecule has 2 N–H and O–H groups in total. The molecule has 8 heteroatoms. The Balaban J connectivity index is 1.33. The van der Waals surface area contributed by atoms with Crippen molar-refractivity contribution in [1.29, 1.82) is 0 Å². The molecule has 2 amide bonds. The minimum Gasteiger partial charge on any atom is -0.459 e. The van der Waals surface area contributed by atoms with Crippen molar-refractivity contribution in [2.24, 2.45) is 0 Å². The Labute approximate surface area is 242 Å². The van der Waals surface area contributed by atoms with Gasteiger partial charge in [-0.2, -0.15) is 0 Å². The lowest BCUT2D eigenvalue weighted by Crippen LogP contribution is -2.47. The number of hydrogen-bond acceptors (Lipinski definition) is 5. The number of rotatable bonds is 8. The lowest BCUT2D eigenvalue weighted by Gasteiger charge is -2.38. The van der Waals surface area contributed by atoms with E-state index in [1.165, 1.54) is 23.1 Å². The van der Waals surface area contributed by atoms with Crippen LogP contribution in [0.15, 0.2) is 89.5 Å². The first-order valence-electron chi connectivity index (χ1n) is 13.0. The largest absolute Gasteiger partial charge is 0.459 e. The Hall–Kier alpha value is -3.79. The Kier molecular flexibility index (Phi) is 8.51. The van der Waals surface area contributed by atoms with Gasteiger partial charge in [-0.25, -0.2) is 0 Å². The zero-order valence-electron chi connectivity index (χ0n) is 21.8. The number of carbonyl (C=O) groups excluding carboxylic acids is 2. The first kappa shape index (κ1) is 26.8. The third-order valence-corrected chi connectivity index (χ3v) is 7.84. The van der Waals surface area contributed by atoms with Crippen LogP contribution in [0.25, 0.3) is 0 Å². The molecule has 1 aromatic heterocycles. The van der Waals surface area contributed by atoms with Crippen LogP contribution in [0.2, 0.25) is 0 Å². The van der Waals surface area contributed by atoms with E-state index >= 15 is 0 Å². The van der Waals surface area contributed by atoms with Gasteiger partial charge in [0.2, 0.25) is 0 Å². The normalized spacial score (nSPS) is 13.3. The number of nitrogens with one attached hydrogen (secondary N) is 2. The van der Waals surface area contributed by atoms with Gasteiger partial charge >= 0.3 is 0 Å². The summed E-state index contributed by atoms with van der Waals surface area (Å²) >= 11 is 2.33. The summed E-state index contributed by atoms with van der Waals surface area (Å²) in [6, 6.07) is 25.4. The summed E-state index contributed by atoms with van der Waals surface area (Å²) < 4.78 is 6.25. The molecule has 0 spiro atoms. The predicted octanol–water partition coefficient (Wildman–Crippen LogP) is 6.03. The number of furan rings is 1. The van der Waals surface area contributed by atoms with Gasteiger partial charge in [-0.3, -0.25) is 9.59 Å². The Morgan fingerprint density at radius 1 is 0.821 bits per heavy atom. The molecule has 0 atom stereocenters. The molecule has 1 saturated heterocycles. The fraction of sp³-hybridized carbons (Fsp3) is 0.226. The summed E-state index contributed by atoms with van der Waals surface area (Å²) in [5.41, 5.74) is 6.73. The zero-order chi connectivity index (χ0) is 27.2. The van der Waals surface area contributed by atoms with Crippen LogP contribution in [0.4, 0.5) is 17.1 Å². The quantitative estimate of drug-likeness (QED) is 0.183. The number of carbonyl (C=O) groups is 2. The summed E-state index contributed by atoms with van der Waals surface area (Å²) in [5, 5.41) is 5.97. The number of anilines is 3. The van der Waals surface area contributed by atoms with Gasteiger partial charge in [-0.05, 0) is 60.0 Å². The van der Waals surface area contributed by atoms with Crippen molar-refractivity contribution >= 4 is 51.5 Å². The fourth-order valence-corrected chi connectivity index (χ4v) is 5.29. The molecule has 1 fully saturated rings. The van der Waals surface area contributed by atoms with Crippen LogP contribution < -0.4 is 20.4 Å². The molecule has 5 rings (SSSR count). The molecule has 4 aromatic rings. The molecule has 1 aliphatic heterocycles. The van der Waals surface area contributed by atoms with Crippen LogP contribution in [-0.2, 0) is 11.0 Å². The number of hydrogen-bond donors (Lipinski definition) is 2. The molecule has 0 unspecified atom stereocenters. The highest BCUT2D eigenvalue weighted by atomic mass is 127. The van der Waals surface area contributed by atoms with Gasteiger partial charge < -0.3 is 24.9 Å². The monoisotopic (exact) mass is 634 g/mol. The molecule has 3 aromatic carbocycles. The number of nitrogens with zero attached hydrogens (tertiary/aromatic N) is 2. The van der Waals surface area contributed by atoms with Crippen LogP contribution in [0.1, 0.15) is 37.6 Å². The minimum atomic E-state index is -0.354. The van der Waals surface area contributed by atoms with Crippen LogP contribution in [0.5, 0.6) is 0 Å². The van der Waals surface area contributed by atoms with Crippen molar-refractivity contribution in [2.45, 2.75) is 17.9 Å². The van der Waals surface area contributed by atoms with E-state index in [-0.39, 0.29) is 17.6 Å². The van der Waals surface area contributed by atoms with Crippen molar-refractivity contribution in [3.05, 3.63) is 113 Å². The summed E-state index contributed by atoms with van der Waals surface area (Å²) in [7, 11) is 0. The second kappa shape index (κ2) is 12.4. The summed E-state index contributed by atoms with van der Waals surface area (Å²) in [6.45, 7) is 5.85. The van der Waals surface area contributed by atoms with Gasteiger partial charge in [-0.1, -0.05) is 65.1 Å². The van der Waals surface area contributed by atoms with Crippen molar-refractivity contribution in [3.63, 3.8) is 0 Å². The van der Waals surface area contributed by atoms with Crippen molar-refractivity contribution in [1.82, 2.24) is 5.32 Å². The van der Waals surface area contributed by atoms with Gasteiger partial charge in [0.25, 0.3) is 11.8 Å². The predicted molar refractivity (Wildman–Crippen MR) is 164 cm³/mol. The molecular formula is C31H31IN4O3. The minimum absolute atomic E-state index is 0.197. The smallest absolute Gasteiger partial charge is 0.291 e.